The summed E-state index contributed by atoms with van der Waals surface area (Å²) in [5.74, 6) is 0.211. The number of anilines is 1. The minimum atomic E-state index is -0.410. The molecule has 2 aromatic heterocycles. The molecule has 0 atom stereocenters. The number of halogens is 1. The number of aryl methyl sites for hydroxylation is 2. The summed E-state index contributed by atoms with van der Waals surface area (Å²) < 4.78 is 18.3. The van der Waals surface area contributed by atoms with Gasteiger partial charge in [0.05, 0.1) is 5.56 Å². The van der Waals surface area contributed by atoms with E-state index in [1.807, 2.05) is 19.9 Å². The second kappa shape index (κ2) is 4.97. The topological polar surface area (TPSA) is 77.8 Å². The highest BCUT2D eigenvalue weighted by Gasteiger charge is 2.15. The average molecular weight is 284 g/mol. The van der Waals surface area contributed by atoms with Gasteiger partial charge in [0, 0.05) is 11.9 Å². The van der Waals surface area contributed by atoms with Gasteiger partial charge < -0.3 is 10.3 Å². The van der Waals surface area contributed by atoms with E-state index >= 15 is 0 Å². The molecule has 0 radical (unpaired) electrons. The van der Waals surface area contributed by atoms with E-state index in [9.17, 15) is 4.39 Å². The van der Waals surface area contributed by atoms with E-state index in [2.05, 4.69) is 15.1 Å². The highest BCUT2D eigenvalue weighted by atomic mass is 19.1. The summed E-state index contributed by atoms with van der Waals surface area (Å²) in [5.41, 5.74) is 9.18. The van der Waals surface area contributed by atoms with Gasteiger partial charge in [-0.25, -0.2) is 4.39 Å². The molecule has 3 rings (SSSR count). The van der Waals surface area contributed by atoms with Crippen LogP contribution >= 0.6 is 0 Å². The third kappa shape index (κ3) is 2.47. The predicted molar refractivity (Wildman–Crippen MR) is 76.8 cm³/mol. The maximum absolute atomic E-state index is 13.1. The van der Waals surface area contributed by atoms with Gasteiger partial charge in [-0.2, -0.15) is 4.98 Å². The summed E-state index contributed by atoms with van der Waals surface area (Å²) in [7, 11) is 0. The molecular formula is C15H13FN4O. The third-order valence-electron chi connectivity index (χ3n) is 3.10. The first-order valence-electron chi connectivity index (χ1n) is 6.37. The van der Waals surface area contributed by atoms with Crippen LogP contribution in [0.5, 0.6) is 0 Å². The lowest BCUT2D eigenvalue weighted by molar-refractivity contribution is 0.432. The first-order chi connectivity index (χ1) is 10.0. The van der Waals surface area contributed by atoms with Crippen molar-refractivity contribution in [2.45, 2.75) is 13.8 Å². The van der Waals surface area contributed by atoms with E-state index in [0.29, 0.717) is 17.1 Å². The molecule has 21 heavy (non-hydrogen) atoms. The van der Waals surface area contributed by atoms with E-state index in [1.165, 1.54) is 18.2 Å². The number of hydrogen-bond donors (Lipinski definition) is 1. The van der Waals surface area contributed by atoms with Crippen LogP contribution in [0.15, 0.2) is 35.0 Å². The summed E-state index contributed by atoms with van der Waals surface area (Å²) in [4.78, 5) is 8.60. The summed E-state index contributed by atoms with van der Waals surface area (Å²) in [6.45, 7) is 3.89. The first kappa shape index (κ1) is 13.2. The van der Waals surface area contributed by atoms with Crippen molar-refractivity contribution in [3.63, 3.8) is 0 Å². The monoisotopic (exact) mass is 284 g/mol. The average Bonchev–Trinajstić information content (AvgIpc) is 2.87. The number of pyridine rings is 1. The molecule has 0 saturated carbocycles. The SMILES string of the molecule is Cc1cnc(-c2noc(-c3ccc(F)cc3N)n2)c(C)c1. The number of nitrogens with two attached hydrogens (primary N) is 1. The van der Waals surface area contributed by atoms with Crippen LogP contribution in [0.4, 0.5) is 10.1 Å². The van der Waals surface area contributed by atoms with Gasteiger partial charge in [-0.3, -0.25) is 4.98 Å². The van der Waals surface area contributed by atoms with Crippen molar-refractivity contribution in [3.8, 4) is 23.0 Å². The van der Waals surface area contributed by atoms with Gasteiger partial charge in [0.15, 0.2) is 0 Å². The number of hydrogen-bond acceptors (Lipinski definition) is 5. The zero-order valence-electron chi connectivity index (χ0n) is 11.6. The summed E-state index contributed by atoms with van der Waals surface area (Å²) >= 11 is 0. The molecule has 0 bridgehead atoms. The Morgan fingerprint density at radius 1 is 1.19 bits per heavy atom. The van der Waals surface area contributed by atoms with Crippen molar-refractivity contribution >= 4 is 5.69 Å². The quantitative estimate of drug-likeness (QED) is 0.731. The molecule has 0 saturated heterocycles. The van der Waals surface area contributed by atoms with Crippen LogP contribution in [0.1, 0.15) is 11.1 Å². The van der Waals surface area contributed by atoms with Crippen LogP contribution in [-0.4, -0.2) is 15.1 Å². The lowest BCUT2D eigenvalue weighted by atomic mass is 10.1. The maximum atomic E-state index is 13.1. The molecule has 0 amide bonds. The van der Waals surface area contributed by atoms with Crippen molar-refractivity contribution in [1.82, 2.24) is 15.1 Å². The normalized spacial score (nSPS) is 10.8. The van der Waals surface area contributed by atoms with E-state index < -0.39 is 5.82 Å². The molecule has 5 nitrogen and oxygen atoms in total. The molecule has 106 valence electrons. The van der Waals surface area contributed by atoms with Crippen molar-refractivity contribution in [2.24, 2.45) is 0 Å². The molecule has 2 heterocycles. The summed E-state index contributed by atoms with van der Waals surface area (Å²) in [6, 6.07) is 6.02. The van der Waals surface area contributed by atoms with Gasteiger partial charge >= 0.3 is 0 Å². The molecule has 0 aliphatic heterocycles. The minimum absolute atomic E-state index is 0.240. The third-order valence-corrected chi connectivity index (χ3v) is 3.10. The lowest BCUT2D eigenvalue weighted by Crippen LogP contribution is -1.93. The second-order valence-corrected chi connectivity index (χ2v) is 4.83. The summed E-state index contributed by atoms with van der Waals surface area (Å²) in [6.07, 6.45) is 1.74. The molecule has 0 aliphatic rings. The Balaban J connectivity index is 2.03. The zero-order chi connectivity index (χ0) is 15.0. The maximum Gasteiger partial charge on any atom is 0.260 e. The number of nitrogen functional groups attached to an aromatic ring is 1. The fourth-order valence-electron chi connectivity index (χ4n) is 2.11. The van der Waals surface area contributed by atoms with Crippen LogP contribution in [0.25, 0.3) is 23.0 Å². The van der Waals surface area contributed by atoms with E-state index in [0.717, 1.165) is 11.1 Å². The first-order valence-corrected chi connectivity index (χ1v) is 6.37. The molecular weight excluding hydrogens is 271 g/mol. The van der Waals surface area contributed by atoms with Gasteiger partial charge in [0.2, 0.25) is 5.82 Å². The second-order valence-electron chi connectivity index (χ2n) is 4.83. The van der Waals surface area contributed by atoms with Crippen LogP contribution in [0, 0.1) is 19.7 Å². The van der Waals surface area contributed by atoms with E-state index in [-0.39, 0.29) is 11.6 Å². The Kier molecular flexibility index (Phi) is 3.13. The van der Waals surface area contributed by atoms with Crippen LogP contribution < -0.4 is 5.73 Å². The highest BCUT2D eigenvalue weighted by Crippen LogP contribution is 2.27. The molecule has 0 unspecified atom stereocenters. The Hall–Kier alpha value is -2.76. The Bertz CT molecular complexity index is 747. The van der Waals surface area contributed by atoms with Crippen molar-refractivity contribution < 1.29 is 8.91 Å². The van der Waals surface area contributed by atoms with Gasteiger partial charge in [0.1, 0.15) is 11.5 Å². The van der Waals surface area contributed by atoms with E-state index in [1.54, 1.807) is 6.20 Å². The molecule has 6 heteroatoms. The van der Waals surface area contributed by atoms with Crippen LogP contribution in [0.2, 0.25) is 0 Å². The minimum Gasteiger partial charge on any atom is -0.398 e. The molecule has 0 spiro atoms. The fourth-order valence-corrected chi connectivity index (χ4v) is 2.11. The standard InChI is InChI=1S/C15H13FN4O/c1-8-5-9(2)13(18-7-8)14-19-15(21-20-14)11-4-3-10(16)6-12(11)17/h3-7H,17H2,1-2H3. The van der Waals surface area contributed by atoms with Crippen LogP contribution in [0.3, 0.4) is 0 Å². The molecule has 0 fully saturated rings. The highest BCUT2D eigenvalue weighted by molar-refractivity contribution is 5.71. The van der Waals surface area contributed by atoms with Gasteiger partial charge in [-0.1, -0.05) is 11.2 Å². The predicted octanol–water partition coefficient (Wildman–Crippen LogP) is 3.14. The lowest BCUT2D eigenvalue weighted by Gasteiger charge is -2.01. The van der Waals surface area contributed by atoms with E-state index in [4.69, 9.17) is 10.3 Å². The number of aromatic nitrogens is 3. The van der Waals surface area contributed by atoms with Crippen molar-refractivity contribution in [1.29, 1.82) is 0 Å². The summed E-state index contributed by atoms with van der Waals surface area (Å²) in [5, 5.41) is 3.92. The van der Waals surface area contributed by atoms with Gasteiger partial charge in [-0.15, -0.1) is 0 Å². The molecule has 3 aromatic rings. The van der Waals surface area contributed by atoms with Crippen LogP contribution in [-0.2, 0) is 0 Å². The van der Waals surface area contributed by atoms with Gasteiger partial charge in [-0.05, 0) is 43.2 Å². The smallest absolute Gasteiger partial charge is 0.260 e. The molecule has 2 N–H and O–H groups in total. The Morgan fingerprint density at radius 3 is 2.71 bits per heavy atom. The van der Waals surface area contributed by atoms with Crippen molar-refractivity contribution in [2.75, 3.05) is 5.73 Å². The number of nitrogens with zero attached hydrogens (tertiary/aromatic N) is 3. The zero-order valence-corrected chi connectivity index (χ0v) is 11.6. The molecule has 1 aromatic carbocycles. The Morgan fingerprint density at radius 2 is 2.00 bits per heavy atom. The molecule has 0 aliphatic carbocycles. The number of benzene rings is 1. The fraction of sp³-hybridized carbons (Fsp3) is 0.133. The number of rotatable bonds is 2. The Labute approximate surface area is 120 Å². The van der Waals surface area contributed by atoms with Crippen molar-refractivity contribution in [3.05, 3.63) is 47.4 Å². The largest absolute Gasteiger partial charge is 0.398 e. The van der Waals surface area contributed by atoms with Gasteiger partial charge in [0.25, 0.3) is 5.89 Å².